The molecule has 0 aliphatic heterocycles. The van der Waals surface area contributed by atoms with Crippen molar-refractivity contribution in [1.82, 2.24) is 0 Å². The number of unbranched alkanes of at least 4 members (excludes halogenated alkanes) is 1. The standard InChI is InChI=1S/C10H21O2Si/c1-4-6-7-11-8-9-12-13(3)10-5-2/h5H,2,4,6-10H2,1,3H3. The summed E-state index contributed by atoms with van der Waals surface area (Å²) in [4.78, 5) is 0. The lowest BCUT2D eigenvalue weighted by atomic mass is 10.4. The number of ether oxygens (including phenoxy) is 1. The van der Waals surface area contributed by atoms with Crippen molar-refractivity contribution in [2.45, 2.75) is 32.4 Å². The summed E-state index contributed by atoms with van der Waals surface area (Å²) in [6.45, 7) is 10.3. The van der Waals surface area contributed by atoms with Crippen molar-refractivity contribution < 1.29 is 9.16 Å². The molecule has 0 heterocycles. The van der Waals surface area contributed by atoms with Gasteiger partial charge in [-0.05, 0) is 19.0 Å². The lowest BCUT2D eigenvalue weighted by molar-refractivity contribution is 0.0978. The van der Waals surface area contributed by atoms with Crippen LogP contribution in [0.25, 0.3) is 0 Å². The molecule has 0 aromatic carbocycles. The molecule has 0 saturated heterocycles. The van der Waals surface area contributed by atoms with E-state index in [2.05, 4.69) is 20.0 Å². The first kappa shape index (κ1) is 12.9. The zero-order valence-electron chi connectivity index (χ0n) is 8.84. The maximum atomic E-state index is 5.57. The molecule has 0 aromatic rings. The smallest absolute Gasteiger partial charge is 0.212 e. The van der Waals surface area contributed by atoms with E-state index < -0.39 is 9.04 Å². The molecule has 13 heavy (non-hydrogen) atoms. The van der Waals surface area contributed by atoms with Crippen LogP contribution >= 0.6 is 0 Å². The SMILES string of the molecule is C=CC[Si](C)OCCOCCCC. The lowest BCUT2D eigenvalue weighted by Crippen LogP contribution is -2.16. The second-order valence-electron chi connectivity index (χ2n) is 3.01. The van der Waals surface area contributed by atoms with Crippen LogP contribution in [-0.2, 0) is 9.16 Å². The molecule has 1 radical (unpaired) electrons. The predicted octanol–water partition coefficient (Wildman–Crippen LogP) is 2.63. The molecule has 0 aromatic heterocycles. The van der Waals surface area contributed by atoms with Crippen molar-refractivity contribution in [2.75, 3.05) is 19.8 Å². The predicted molar refractivity (Wildman–Crippen MR) is 58.3 cm³/mol. The van der Waals surface area contributed by atoms with E-state index in [1.165, 1.54) is 6.42 Å². The minimum absolute atomic E-state index is 0.631. The van der Waals surface area contributed by atoms with E-state index in [4.69, 9.17) is 9.16 Å². The highest BCUT2D eigenvalue weighted by atomic mass is 28.3. The highest BCUT2D eigenvalue weighted by Gasteiger charge is 2.01. The highest BCUT2D eigenvalue weighted by Crippen LogP contribution is 1.95. The second kappa shape index (κ2) is 9.96. The molecule has 77 valence electrons. The van der Waals surface area contributed by atoms with Gasteiger partial charge in [0.05, 0.1) is 13.2 Å². The Morgan fingerprint density at radius 1 is 1.31 bits per heavy atom. The molecule has 0 saturated carbocycles. The van der Waals surface area contributed by atoms with Crippen molar-refractivity contribution >= 4 is 9.04 Å². The summed E-state index contributed by atoms with van der Waals surface area (Å²) in [5.41, 5.74) is 0. The van der Waals surface area contributed by atoms with Crippen LogP contribution in [-0.4, -0.2) is 28.9 Å². The maximum absolute atomic E-state index is 5.57. The van der Waals surface area contributed by atoms with E-state index in [9.17, 15) is 0 Å². The molecule has 0 bridgehead atoms. The van der Waals surface area contributed by atoms with Gasteiger partial charge in [-0.25, -0.2) is 0 Å². The van der Waals surface area contributed by atoms with Crippen LogP contribution in [0.15, 0.2) is 12.7 Å². The Hall–Kier alpha value is -0.123. The quantitative estimate of drug-likeness (QED) is 0.324. The van der Waals surface area contributed by atoms with Crippen molar-refractivity contribution in [3.63, 3.8) is 0 Å². The summed E-state index contributed by atoms with van der Waals surface area (Å²) >= 11 is 0. The van der Waals surface area contributed by atoms with E-state index in [-0.39, 0.29) is 0 Å². The summed E-state index contributed by atoms with van der Waals surface area (Å²) in [5.74, 6) is 0. The first-order valence-corrected chi connectivity index (χ1v) is 7.06. The number of hydrogen-bond acceptors (Lipinski definition) is 2. The third kappa shape index (κ3) is 9.79. The monoisotopic (exact) mass is 201 g/mol. The largest absolute Gasteiger partial charge is 0.414 e. The van der Waals surface area contributed by atoms with Gasteiger partial charge in [0.25, 0.3) is 0 Å². The van der Waals surface area contributed by atoms with Crippen molar-refractivity contribution in [3.8, 4) is 0 Å². The molecule has 0 unspecified atom stereocenters. The molecule has 0 fully saturated rings. The Balaban J connectivity index is 3.01. The van der Waals surface area contributed by atoms with Crippen LogP contribution in [0.2, 0.25) is 12.6 Å². The molecule has 0 atom stereocenters. The van der Waals surface area contributed by atoms with Crippen molar-refractivity contribution in [1.29, 1.82) is 0 Å². The molecule has 0 aliphatic carbocycles. The number of allylic oxidation sites excluding steroid dienone is 1. The van der Waals surface area contributed by atoms with Gasteiger partial charge >= 0.3 is 0 Å². The summed E-state index contributed by atoms with van der Waals surface area (Å²) in [6.07, 6.45) is 4.27. The van der Waals surface area contributed by atoms with E-state index in [0.717, 1.165) is 32.3 Å². The summed E-state index contributed by atoms with van der Waals surface area (Å²) in [5, 5.41) is 0. The van der Waals surface area contributed by atoms with Gasteiger partial charge in [-0.15, -0.1) is 6.58 Å². The average Bonchev–Trinajstić information content (AvgIpc) is 2.11. The Bertz CT molecular complexity index is 117. The minimum atomic E-state index is -0.631. The van der Waals surface area contributed by atoms with Gasteiger partial charge in [0.2, 0.25) is 9.04 Å². The third-order valence-electron chi connectivity index (χ3n) is 1.65. The number of hydrogen-bond donors (Lipinski definition) is 0. The zero-order valence-corrected chi connectivity index (χ0v) is 9.84. The van der Waals surface area contributed by atoms with Crippen LogP contribution in [0.3, 0.4) is 0 Å². The second-order valence-corrected chi connectivity index (χ2v) is 5.11. The molecule has 0 N–H and O–H groups in total. The molecule has 0 spiro atoms. The van der Waals surface area contributed by atoms with Crippen LogP contribution in [0.1, 0.15) is 19.8 Å². The first-order chi connectivity index (χ1) is 6.31. The number of rotatable bonds is 9. The van der Waals surface area contributed by atoms with E-state index in [0.29, 0.717) is 0 Å². The van der Waals surface area contributed by atoms with Crippen molar-refractivity contribution in [3.05, 3.63) is 12.7 Å². The van der Waals surface area contributed by atoms with Gasteiger partial charge in [0.15, 0.2) is 0 Å². The van der Waals surface area contributed by atoms with E-state index in [1.807, 2.05) is 6.08 Å². The summed E-state index contributed by atoms with van der Waals surface area (Å²) in [7, 11) is -0.631. The third-order valence-corrected chi connectivity index (χ3v) is 3.21. The molecule has 3 heteroatoms. The Labute approximate surface area is 83.7 Å². The lowest BCUT2D eigenvalue weighted by Gasteiger charge is -2.08. The Morgan fingerprint density at radius 2 is 2.08 bits per heavy atom. The molecule has 0 aliphatic rings. The van der Waals surface area contributed by atoms with E-state index in [1.54, 1.807) is 0 Å². The normalized spacial score (nSPS) is 10.7. The van der Waals surface area contributed by atoms with Gasteiger partial charge in [-0.1, -0.05) is 19.4 Å². The molecule has 2 nitrogen and oxygen atoms in total. The Morgan fingerprint density at radius 3 is 2.69 bits per heavy atom. The summed E-state index contributed by atoms with van der Waals surface area (Å²) < 4.78 is 10.9. The first-order valence-electron chi connectivity index (χ1n) is 4.95. The fraction of sp³-hybridized carbons (Fsp3) is 0.800. The van der Waals surface area contributed by atoms with Crippen LogP contribution in [0, 0.1) is 0 Å². The molecule has 0 amide bonds. The topological polar surface area (TPSA) is 18.5 Å². The molecule has 0 rings (SSSR count). The zero-order chi connectivity index (χ0) is 9.94. The summed E-state index contributed by atoms with van der Waals surface area (Å²) in [6, 6.07) is 1.01. The van der Waals surface area contributed by atoms with Crippen LogP contribution in [0.4, 0.5) is 0 Å². The van der Waals surface area contributed by atoms with E-state index >= 15 is 0 Å². The molecular weight excluding hydrogens is 180 g/mol. The average molecular weight is 201 g/mol. The van der Waals surface area contributed by atoms with Gasteiger partial charge in [0, 0.05) is 6.61 Å². The van der Waals surface area contributed by atoms with Crippen LogP contribution in [0.5, 0.6) is 0 Å². The van der Waals surface area contributed by atoms with Crippen LogP contribution < -0.4 is 0 Å². The van der Waals surface area contributed by atoms with Crippen molar-refractivity contribution in [2.24, 2.45) is 0 Å². The van der Waals surface area contributed by atoms with Gasteiger partial charge < -0.3 is 9.16 Å². The highest BCUT2D eigenvalue weighted by molar-refractivity contribution is 6.50. The molecular formula is C10H21O2Si. The Kier molecular flexibility index (Phi) is 9.87. The van der Waals surface area contributed by atoms with Gasteiger partial charge in [0.1, 0.15) is 0 Å². The van der Waals surface area contributed by atoms with Gasteiger partial charge in [-0.2, -0.15) is 0 Å². The fourth-order valence-electron chi connectivity index (χ4n) is 0.885. The minimum Gasteiger partial charge on any atom is -0.414 e. The van der Waals surface area contributed by atoms with Gasteiger partial charge in [-0.3, -0.25) is 0 Å². The maximum Gasteiger partial charge on any atom is 0.212 e. The fourth-order valence-corrected chi connectivity index (χ4v) is 1.84.